The van der Waals surface area contributed by atoms with Crippen LogP contribution in [0.2, 0.25) is 5.02 Å². The SMILES string of the molecule is CNc1nc(-c2cc(F)cc(Cl)c2)nc(COC)c1Br. The van der Waals surface area contributed by atoms with Crippen LogP contribution >= 0.6 is 27.5 Å². The molecule has 0 radical (unpaired) electrons. The highest BCUT2D eigenvalue weighted by molar-refractivity contribution is 9.10. The molecule has 0 amide bonds. The normalized spacial score (nSPS) is 10.7. The first-order valence-electron chi connectivity index (χ1n) is 5.74. The largest absolute Gasteiger partial charge is 0.378 e. The lowest BCUT2D eigenvalue weighted by molar-refractivity contribution is 0.181. The number of aromatic nitrogens is 2. The van der Waals surface area contributed by atoms with Crippen LogP contribution in [0.25, 0.3) is 11.4 Å². The summed E-state index contributed by atoms with van der Waals surface area (Å²) in [7, 11) is 3.32. The molecule has 106 valence electrons. The number of ether oxygens (including phenoxy) is 1. The molecule has 1 heterocycles. The van der Waals surface area contributed by atoms with Gasteiger partial charge in [-0.05, 0) is 34.1 Å². The standard InChI is InChI=1S/C13H12BrClFN3O/c1-17-13-11(14)10(6-20-2)18-12(19-13)7-3-8(15)5-9(16)4-7/h3-5H,6H2,1-2H3,(H,17,18,19). The Morgan fingerprint density at radius 1 is 1.35 bits per heavy atom. The van der Waals surface area contributed by atoms with E-state index in [4.69, 9.17) is 16.3 Å². The van der Waals surface area contributed by atoms with Gasteiger partial charge < -0.3 is 10.1 Å². The number of hydrogen-bond acceptors (Lipinski definition) is 4. The number of rotatable bonds is 4. The maximum atomic E-state index is 13.4. The molecule has 7 heteroatoms. The molecule has 0 bridgehead atoms. The maximum absolute atomic E-state index is 13.4. The van der Waals surface area contributed by atoms with E-state index in [-0.39, 0.29) is 0 Å². The lowest BCUT2D eigenvalue weighted by Crippen LogP contribution is -2.04. The van der Waals surface area contributed by atoms with Crippen molar-refractivity contribution in [2.45, 2.75) is 6.61 Å². The molecule has 0 saturated carbocycles. The first kappa shape index (κ1) is 15.2. The highest BCUT2D eigenvalue weighted by Crippen LogP contribution is 2.28. The molecule has 0 aliphatic carbocycles. The molecule has 0 aliphatic heterocycles. The van der Waals surface area contributed by atoms with Gasteiger partial charge >= 0.3 is 0 Å². The Bertz CT molecular complexity index is 619. The average molecular weight is 361 g/mol. The highest BCUT2D eigenvalue weighted by atomic mass is 79.9. The minimum atomic E-state index is -0.432. The van der Waals surface area contributed by atoms with E-state index < -0.39 is 5.82 Å². The van der Waals surface area contributed by atoms with Crippen molar-refractivity contribution in [3.05, 3.63) is 39.2 Å². The van der Waals surface area contributed by atoms with Crippen molar-refractivity contribution in [2.75, 3.05) is 19.5 Å². The smallest absolute Gasteiger partial charge is 0.162 e. The molecule has 1 N–H and O–H groups in total. The number of methoxy groups -OCH3 is 1. The molecule has 4 nitrogen and oxygen atoms in total. The highest BCUT2D eigenvalue weighted by Gasteiger charge is 2.13. The van der Waals surface area contributed by atoms with Crippen LogP contribution in [0.1, 0.15) is 5.69 Å². The molecule has 0 fully saturated rings. The van der Waals surface area contributed by atoms with E-state index >= 15 is 0 Å². The van der Waals surface area contributed by atoms with Crippen molar-refractivity contribution < 1.29 is 9.13 Å². The fourth-order valence-electron chi connectivity index (χ4n) is 1.70. The number of benzene rings is 1. The van der Waals surface area contributed by atoms with Crippen LogP contribution in [-0.4, -0.2) is 24.1 Å². The van der Waals surface area contributed by atoms with Crippen molar-refractivity contribution in [3.63, 3.8) is 0 Å². The van der Waals surface area contributed by atoms with Gasteiger partial charge in [0, 0.05) is 24.7 Å². The van der Waals surface area contributed by atoms with Crippen LogP contribution in [0.5, 0.6) is 0 Å². The van der Waals surface area contributed by atoms with Crippen molar-refractivity contribution in [2.24, 2.45) is 0 Å². The van der Waals surface area contributed by atoms with Crippen molar-refractivity contribution in [3.8, 4) is 11.4 Å². The molecule has 20 heavy (non-hydrogen) atoms. The van der Waals surface area contributed by atoms with E-state index in [0.717, 1.165) is 0 Å². The minimum absolute atomic E-state index is 0.297. The quantitative estimate of drug-likeness (QED) is 0.898. The summed E-state index contributed by atoms with van der Waals surface area (Å²) in [4.78, 5) is 8.71. The molecule has 0 saturated heterocycles. The van der Waals surface area contributed by atoms with Crippen molar-refractivity contribution in [1.29, 1.82) is 0 Å². The molecule has 1 aromatic carbocycles. The fraction of sp³-hybridized carbons (Fsp3) is 0.231. The molecule has 0 aliphatic rings. The van der Waals surface area contributed by atoms with Gasteiger partial charge in [0.2, 0.25) is 0 Å². The van der Waals surface area contributed by atoms with Gasteiger partial charge in [0.25, 0.3) is 0 Å². The number of nitrogens with one attached hydrogen (secondary N) is 1. The monoisotopic (exact) mass is 359 g/mol. The second kappa shape index (κ2) is 6.47. The van der Waals surface area contributed by atoms with Crippen LogP contribution in [0, 0.1) is 5.82 Å². The van der Waals surface area contributed by atoms with E-state index in [1.54, 1.807) is 20.2 Å². The molecular formula is C13H12BrClFN3O. The molecule has 1 aromatic heterocycles. The first-order valence-corrected chi connectivity index (χ1v) is 6.91. The Balaban J connectivity index is 2.58. The summed E-state index contributed by atoms with van der Waals surface area (Å²) >= 11 is 9.27. The summed E-state index contributed by atoms with van der Waals surface area (Å²) < 4.78 is 19.2. The van der Waals surface area contributed by atoms with Gasteiger partial charge in [-0.3, -0.25) is 0 Å². The van der Waals surface area contributed by atoms with Gasteiger partial charge in [-0.15, -0.1) is 0 Å². The zero-order valence-corrected chi connectivity index (χ0v) is 13.2. The van der Waals surface area contributed by atoms with Gasteiger partial charge in [-0.25, -0.2) is 14.4 Å². The van der Waals surface area contributed by atoms with Gasteiger partial charge in [0.1, 0.15) is 11.6 Å². The summed E-state index contributed by atoms with van der Waals surface area (Å²) in [5.74, 6) is 0.548. The van der Waals surface area contributed by atoms with E-state index in [9.17, 15) is 4.39 Å². The van der Waals surface area contributed by atoms with Crippen molar-refractivity contribution in [1.82, 2.24) is 9.97 Å². The van der Waals surface area contributed by atoms with Gasteiger partial charge in [0.15, 0.2) is 5.82 Å². The predicted molar refractivity (Wildman–Crippen MR) is 80.4 cm³/mol. The van der Waals surface area contributed by atoms with E-state index in [0.29, 0.717) is 39.0 Å². The second-order valence-electron chi connectivity index (χ2n) is 4.00. The molecule has 0 spiro atoms. The summed E-state index contributed by atoms with van der Waals surface area (Å²) in [6.07, 6.45) is 0. The Morgan fingerprint density at radius 3 is 2.70 bits per heavy atom. The van der Waals surface area contributed by atoms with Crippen LogP contribution in [0.4, 0.5) is 10.2 Å². The summed E-state index contributed by atoms with van der Waals surface area (Å²) in [5, 5.41) is 3.25. The third kappa shape index (κ3) is 3.26. The Morgan fingerprint density at radius 2 is 2.10 bits per heavy atom. The second-order valence-corrected chi connectivity index (χ2v) is 5.23. The lowest BCUT2D eigenvalue weighted by atomic mass is 10.2. The van der Waals surface area contributed by atoms with Crippen LogP contribution in [0.3, 0.4) is 0 Å². The van der Waals surface area contributed by atoms with Crippen LogP contribution in [0.15, 0.2) is 22.7 Å². The van der Waals surface area contributed by atoms with Crippen LogP contribution in [-0.2, 0) is 11.3 Å². The van der Waals surface area contributed by atoms with Crippen molar-refractivity contribution >= 4 is 33.3 Å². The first-order chi connectivity index (χ1) is 9.55. The number of halogens is 3. The summed E-state index contributed by atoms with van der Waals surface area (Å²) in [5.41, 5.74) is 1.18. The third-order valence-corrected chi connectivity index (χ3v) is 3.61. The van der Waals surface area contributed by atoms with E-state index in [1.165, 1.54) is 12.1 Å². The average Bonchev–Trinajstić information content (AvgIpc) is 2.40. The lowest BCUT2D eigenvalue weighted by Gasteiger charge is -2.11. The molecular weight excluding hydrogens is 349 g/mol. The predicted octanol–water partition coefficient (Wildman–Crippen LogP) is 3.89. The Labute approximate surface area is 129 Å². The summed E-state index contributed by atoms with van der Waals surface area (Å²) in [6.45, 7) is 0.313. The number of hydrogen-bond donors (Lipinski definition) is 1. The molecule has 2 rings (SSSR count). The Hall–Kier alpha value is -1.24. The molecule has 2 aromatic rings. The third-order valence-electron chi connectivity index (χ3n) is 2.56. The van der Waals surface area contributed by atoms with Gasteiger partial charge in [0.05, 0.1) is 16.8 Å². The zero-order valence-electron chi connectivity index (χ0n) is 10.9. The van der Waals surface area contributed by atoms with E-state index in [1.807, 2.05) is 0 Å². The van der Waals surface area contributed by atoms with E-state index in [2.05, 4.69) is 31.2 Å². The Kier molecular flexibility index (Phi) is 4.91. The van der Waals surface area contributed by atoms with Gasteiger partial charge in [-0.2, -0.15) is 0 Å². The summed E-state index contributed by atoms with van der Waals surface area (Å²) in [6, 6.07) is 4.19. The maximum Gasteiger partial charge on any atom is 0.162 e. The van der Waals surface area contributed by atoms with Crippen LogP contribution < -0.4 is 5.32 Å². The zero-order chi connectivity index (χ0) is 14.7. The number of nitrogens with zero attached hydrogens (tertiary/aromatic N) is 2. The topological polar surface area (TPSA) is 47.0 Å². The molecule has 0 atom stereocenters. The molecule has 0 unspecified atom stereocenters. The minimum Gasteiger partial charge on any atom is -0.378 e. The number of anilines is 1. The van der Waals surface area contributed by atoms with Gasteiger partial charge in [-0.1, -0.05) is 11.6 Å². The fourth-order valence-corrected chi connectivity index (χ4v) is 2.42.